The number of nitrogens with zero attached hydrogens (tertiary/aromatic N) is 1. The van der Waals surface area contributed by atoms with Gasteiger partial charge in [0.1, 0.15) is 5.72 Å². The quantitative estimate of drug-likeness (QED) is 0.839. The molecule has 1 N–H and O–H groups in total. The van der Waals surface area contributed by atoms with Crippen LogP contribution in [0.4, 0.5) is 0 Å². The third-order valence-corrected chi connectivity index (χ3v) is 4.34. The molecule has 0 aromatic carbocycles. The highest BCUT2D eigenvalue weighted by Gasteiger charge is 2.44. The minimum Gasteiger partial charge on any atom is -0.359 e. The summed E-state index contributed by atoms with van der Waals surface area (Å²) in [7, 11) is 0. The molecular weight excluding hydrogens is 248 g/mol. The highest BCUT2D eigenvalue weighted by Crippen LogP contribution is 2.32. The summed E-state index contributed by atoms with van der Waals surface area (Å²) in [5.74, 6) is 0. The molecule has 2 saturated heterocycles. The third kappa shape index (κ3) is 3.38. The van der Waals surface area contributed by atoms with E-state index in [1.165, 1.54) is 25.8 Å². The number of hydrogen-bond acceptors (Lipinski definition) is 3. The van der Waals surface area contributed by atoms with E-state index >= 15 is 0 Å². The van der Waals surface area contributed by atoms with Crippen LogP contribution in [0.1, 0.15) is 47.0 Å². The molecule has 0 spiro atoms. The summed E-state index contributed by atoms with van der Waals surface area (Å²) in [6, 6.07) is 0.539. The Balaban J connectivity index is 0.00000162. The summed E-state index contributed by atoms with van der Waals surface area (Å²) in [6.45, 7) is 13.3. The molecule has 4 heteroatoms. The predicted molar refractivity (Wildman–Crippen MR) is 78.3 cm³/mol. The lowest BCUT2D eigenvalue weighted by Crippen LogP contribution is -2.66. The van der Waals surface area contributed by atoms with Crippen molar-refractivity contribution >= 4 is 12.4 Å². The fraction of sp³-hybridized carbons (Fsp3) is 1.00. The lowest BCUT2D eigenvalue weighted by Gasteiger charge is -2.51. The predicted octanol–water partition coefficient (Wildman–Crippen LogP) is 2.64. The second-order valence-corrected chi connectivity index (χ2v) is 6.55. The van der Waals surface area contributed by atoms with Gasteiger partial charge in [0.25, 0.3) is 0 Å². The molecule has 0 amide bonds. The monoisotopic (exact) mass is 276 g/mol. The summed E-state index contributed by atoms with van der Waals surface area (Å²) in [6.07, 6.45) is 3.94. The van der Waals surface area contributed by atoms with Crippen LogP contribution in [0.5, 0.6) is 0 Å². The van der Waals surface area contributed by atoms with Gasteiger partial charge in [-0.1, -0.05) is 27.2 Å². The summed E-state index contributed by atoms with van der Waals surface area (Å²) in [4.78, 5) is 2.58. The lowest BCUT2D eigenvalue weighted by molar-refractivity contribution is -0.170. The van der Waals surface area contributed by atoms with Gasteiger partial charge in [-0.25, -0.2) is 0 Å². The van der Waals surface area contributed by atoms with Gasteiger partial charge in [-0.05, 0) is 32.9 Å². The van der Waals surface area contributed by atoms with Crippen LogP contribution in [-0.2, 0) is 4.74 Å². The Kier molecular flexibility index (Phi) is 5.48. The van der Waals surface area contributed by atoms with Crippen molar-refractivity contribution in [2.45, 2.75) is 58.7 Å². The summed E-state index contributed by atoms with van der Waals surface area (Å²) in [5, 5.41) is 3.66. The highest BCUT2D eigenvalue weighted by molar-refractivity contribution is 5.85. The summed E-state index contributed by atoms with van der Waals surface area (Å²) < 4.78 is 6.20. The smallest absolute Gasteiger partial charge is 0.132 e. The number of ether oxygens (including phenoxy) is 1. The van der Waals surface area contributed by atoms with Crippen molar-refractivity contribution in [1.29, 1.82) is 0 Å². The minimum absolute atomic E-state index is 0. The SMILES string of the molecule is CCN1CCCCC1C1(C)NCC(C)(C)CO1.Cl. The van der Waals surface area contributed by atoms with Crippen molar-refractivity contribution in [3.8, 4) is 0 Å². The zero-order valence-corrected chi connectivity index (χ0v) is 13.1. The number of hydrogen-bond donors (Lipinski definition) is 1. The molecule has 0 bridgehead atoms. The first-order valence-electron chi connectivity index (χ1n) is 7.10. The minimum atomic E-state index is -0.147. The van der Waals surface area contributed by atoms with E-state index in [-0.39, 0.29) is 23.5 Å². The van der Waals surface area contributed by atoms with Crippen LogP contribution < -0.4 is 5.32 Å². The number of rotatable bonds is 2. The van der Waals surface area contributed by atoms with Gasteiger partial charge in [0.2, 0.25) is 0 Å². The molecule has 0 aromatic rings. The van der Waals surface area contributed by atoms with Crippen molar-refractivity contribution in [2.24, 2.45) is 5.41 Å². The molecular formula is C14H29ClN2O. The Morgan fingerprint density at radius 3 is 2.56 bits per heavy atom. The van der Waals surface area contributed by atoms with Crippen molar-refractivity contribution < 1.29 is 4.74 Å². The van der Waals surface area contributed by atoms with Crippen LogP contribution in [-0.4, -0.2) is 42.9 Å². The molecule has 0 radical (unpaired) electrons. The fourth-order valence-corrected chi connectivity index (χ4v) is 3.07. The number of piperidine rings is 1. The van der Waals surface area contributed by atoms with E-state index in [0.29, 0.717) is 6.04 Å². The highest BCUT2D eigenvalue weighted by atomic mass is 35.5. The number of likely N-dealkylation sites (tertiary alicyclic amines) is 1. The Bertz CT molecular complexity index is 261. The zero-order chi connectivity index (χ0) is 12.5. The van der Waals surface area contributed by atoms with Gasteiger partial charge in [-0.3, -0.25) is 10.2 Å². The largest absolute Gasteiger partial charge is 0.359 e. The number of likely N-dealkylation sites (N-methyl/N-ethyl adjacent to an activating group) is 1. The van der Waals surface area contributed by atoms with Crippen LogP contribution >= 0.6 is 12.4 Å². The first-order valence-corrected chi connectivity index (χ1v) is 7.10. The van der Waals surface area contributed by atoms with E-state index in [9.17, 15) is 0 Å². The first kappa shape index (κ1) is 16.2. The second-order valence-electron chi connectivity index (χ2n) is 6.55. The molecule has 108 valence electrons. The average Bonchev–Trinajstić information content (AvgIpc) is 2.33. The summed E-state index contributed by atoms with van der Waals surface area (Å²) >= 11 is 0. The van der Waals surface area contributed by atoms with E-state index in [1.807, 2.05) is 0 Å². The van der Waals surface area contributed by atoms with E-state index in [4.69, 9.17) is 4.74 Å². The molecule has 2 aliphatic rings. The Labute approximate surface area is 118 Å². The number of nitrogens with one attached hydrogen (secondary N) is 1. The third-order valence-electron chi connectivity index (χ3n) is 4.34. The van der Waals surface area contributed by atoms with Gasteiger partial charge in [-0.2, -0.15) is 0 Å². The zero-order valence-electron chi connectivity index (χ0n) is 12.3. The van der Waals surface area contributed by atoms with Gasteiger partial charge < -0.3 is 4.74 Å². The van der Waals surface area contributed by atoms with E-state index in [2.05, 4.69) is 37.9 Å². The molecule has 2 fully saturated rings. The molecule has 0 aromatic heterocycles. The van der Waals surface area contributed by atoms with E-state index in [0.717, 1.165) is 19.7 Å². The molecule has 2 heterocycles. The Morgan fingerprint density at radius 1 is 1.28 bits per heavy atom. The van der Waals surface area contributed by atoms with E-state index < -0.39 is 0 Å². The van der Waals surface area contributed by atoms with Gasteiger partial charge >= 0.3 is 0 Å². The maximum atomic E-state index is 6.20. The molecule has 2 unspecified atom stereocenters. The maximum Gasteiger partial charge on any atom is 0.132 e. The molecule has 0 saturated carbocycles. The maximum absolute atomic E-state index is 6.20. The van der Waals surface area contributed by atoms with Crippen molar-refractivity contribution in [1.82, 2.24) is 10.2 Å². The molecule has 0 aliphatic carbocycles. The molecule has 2 rings (SSSR count). The van der Waals surface area contributed by atoms with Crippen molar-refractivity contribution in [3.63, 3.8) is 0 Å². The topological polar surface area (TPSA) is 24.5 Å². The van der Waals surface area contributed by atoms with Crippen LogP contribution in [0, 0.1) is 5.41 Å². The Hall–Kier alpha value is 0.170. The van der Waals surface area contributed by atoms with Crippen LogP contribution in [0.15, 0.2) is 0 Å². The van der Waals surface area contributed by atoms with Crippen LogP contribution in [0.25, 0.3) is 0 Å². The standard InChI is InChI=1S/C14H28N2O.ClH/c1-5-16-9-7-6-8-12(16)14(4)15-10-13(2,3)11-17-14;/h12,15H,5-11H2,1-4H3;1H. The normalized spacial score (nSPS) is 37.0. The molecule has 18 heavy (non-hydrogen) atoms. The van der Waals surface area contributed by atoms with Gasteiger partial charge in [0.05, 0.1) is 12.6 Å². The Morgan fingerprint density at radius 2 is 2.00 bits per heavy atom. The lowest BCUT2D eigenvalue weighted by atomic mass is 9.87. The fourth-order valence-electron chi connectivity index (χ4n) is 3.07. The first-order chi connectivity index (χ1) is 7.97. The van der Waals surface area contributed by atoms with E-state index in [1.54, 1.807) is 0 Å². The second kappa shape index (κ2) is 6.08. The van der Waals surface area contributed by atoms with Crippen molar-refractivity contribution in [2.75, 3.05) is 26.2 Å². The van der Waals surface area contributed by atoms with Crippen molar-refractivity contribution in [3.05, 3.63) is 0 Å². The van der Waals surface area contributed by atoms with Gasteiger partial charge in [0.15, 0.2) is 0 Å². The molecule has 2 atom stereocenters. The van der Waals surface area contributed by atoms with Gasteiger partial charge in [-0.15, -0.1) is 12.4 Å². The van der Waals surface area contributed by atoms with Gasteiger partial charge in [0, 0.05) is 12.0 Å². The summed E-state index contributed by atoms with van der Waals surface area (Å²) in [5.41, 5.74) is 0.122. The number of halogens is 1. The van der Waals surface area contributed by atoms with Crippen LogP contribution in [0.2, 0.25) is 0 Å². The molecule has 2 aliphatic heterocycles. The molecule has 3 nitrogen and oxygen atoms in total. The van der Waals surface area contributed by atoms with Crippen LogP contribution in [0.3, 0.4) is 0 Å². The average molecular weight is 277 g/mol.